The maximum Gasteiger partial charge on any atom is 0.439 e. The summed E-state index contributed by atoms with van der Waals surface area (Å²) in [5.74, 6) is 0.531. The third-order valence-electron chi connectivity index (χ3n) is 1.78. The van der Waals surface area contributed by atoms with Crippen molar-refractivity contribution < 1.29 is 9.26 Å². The number of aromatic nitrogens is 2. The molecule has 0 radical (unpaired) electrons. The minimum atomic E-state index is -0.567. The molecular formula is C13H20N2O3. The van der Waals surface area contributed by atoms with Gasteiger partial charge >= 0.3 is 5.76 Å². The number of aromatic amines is 1. The van der Waals surface area contributed by atoms with Crippen LogP contribution in [0.3, 0.4) is 0 Å². The van der Waals surface area contributed by atoms with Crippen molar-refractivity contribution in [3.8, 4) is 17.1 Å². The van der Waals surface area contributed by atoms with Gasteiger partial charge in [-0.05, 0) is 12.1 Å². The zero-order valence-electron chi connectivity index (χ0n) is 11.5. The lowest BCUT2D eigenvalue weighted by Gasteiger charge is -1.99. The molecule has 1 aromatic carbocycles. The molecule has 5 heteroatoms. The zero-order chi connectivity index (χ0) is 14.0. The summed E-state index contributed by atoms with van der Waals surface area (Å²) in [4.78, 5) is 13.2. The van der Waals surface area contributed by atoms with E-state index >= 15 is 0 Å². The Hall–Kier alpha value is -2.04. The first-order valence-electron chi connectivity index (χ1n) is 6.00. The van der Waals surface area contributed by atoms with E-state index in [1.54, 1.807) is 25.3 Å². The number of hydrogen-bond donors (Lipinski definition) is 1. The van der Waals surface area contributed by atoms with E-state index in [0.29, 0.717) is 11.6 Å². The fraction of sp³-hybridized carbons (Fsp3) is 0.385. The second-order valence-corrected chi connectivity index (χ2v) is 2.68. The van der Waals surface area contributed by atoms with Crippen molar-refractivity contribution >= 4 is 0 Å². The van der Waals surface area contributed by atoms with Crippen LogP contribution in [-0.4, -0.2) is 17.3 Å². The molecule has 0 amide bonds. The molecule has 100 valence electrons. The van der Waals surface area contributed by atoms with Gasteiger partial charge in [-0.25, -0.2) is 4.79 Å². The summed E-state index contributed by atoms with van der Waals surface area (Å²) < 4.78 is 9.42. The van der Waals surface area contributed by atoms with Crippen molar-refractivity contribution in [1.29, 1.82) is 0 Å². The van der Waals surface area contributed by atoms with Gasteiger partial charge in [-0.15, -0.1) is 0 Å². The lowest BCUT2D eigenvalue weighted by molar-refractivity contribution is 0.388. The molecule has 1 heterocycles. The molecule has 18 heavy (non-hydrogen) atoms. The lowest BCUT2D eigenvalue weighted by atomic mass is 10.2. The smallest absolute Gasteiger partial charge is 0.439 e. The summed E-state index contributed by atoms with van der Waals surface area (Å²) in [6.45, 7) is 8.00. The number of rotatable bonds is 2. The molecule has 2 rings (SSSR count). The van der Waals surface area contributed by atoms with Gasteiger partial charge < -0.3 is 4.74 Å². The highest BCUT2D eigenvalue weighted by Crippen LogP contribution is 2.19. The van der Waals surface area contributed by atoms with Gasteiger partial charge in [0.05, 0.1) is 7.11 Å². The highest BCUT2D eigenvalue weighted by atomic mass is 16.5. The van der Waals surface area contributed by atoms with Crippen molar-refractivity contribution in [3.05, 3.63) is 34.8 Å². The van der Waals surface area contributed by atoms with Crippen molar-refractivity contribution in [1.82, 2.24) is 10.1 Å². The van der Waals surface area contributed by atoms with Crippen LogP contribution in [-0.2, 0) is 0 Å². The lowest BCUT2D eigenvalue weighted by Crippen LogP contribution is -1.94. The molecule has 1 aromatic heterocycles. The minimum absolute atomic E-state index is 0.397. The number of methoxy groups -OCH3 is 1. The standard InChI is InChI=1S/C9H8N2O3.2C2H6/c1-13-7-4-2-3-6(5-7)8-10-9(12)14-11-8;2*1-2/h2-5H,1H3,(H,10,11,12);2*1-2H3. The number of benzene rings is 1. The van der Waals surface area contributed by atoms with Crippen molar-refractivity contribution in [2.45, 2.75) is 27.7 Å². The molecule has 0 saturated heterocycles. The second kappa shape index (κ2) is 9.04. The van der Waals surface area contributed by atoms with Crippen LogP contribution in [0.2, 0.25) is 0 Å². The predicted octanol–water partition coefficient (Wildman–Crippen LogP) is 3.09. The van der Waals surface area contributed by atoms with Crippen molar-refractivity contribution in [2.75, 3.05) is 7.11 Å². The normalized spacial score (nSPS) is 8.50. The summed E-state index contributed by atoms with van der Waals surface area (Å²) in [6.07, 6.45) is 0. The van der Waals surface area contributed by atoms with E-state index in [1.165, 1.54) is 0 Å². The fourth-order valence-corrected chi connectivity index (χ4v) is 1.12. The van der Waals surface area contributed by atoms with Crippen LogP contribution in [0.25, 0.3) is 11.4 Å². The van der Waals surface area contributed by atoms with Crippen molar-refractivity contribution in [3.63, 3.8) is 0 Å². The van der Waals surface area contributed by atoms with Crippen LogP contribution in [0, 0.1) is 0 Å². The molecule has 0 aliphatic carbocycles. The van der Waals surface area contributed by atoms with Crippen LogP contribution in [0.15, 0.2) is 33.6 Å². The Morgan fingerprint density at radius 3 is 2.39 bits per heavy atom. The van der Waals surface area contributed by atoms with Crippen LogP contribution < -0.4 is 10.5 Å². The van der Waals surface area contributed by atoms with E-state index in [2.05, 4.69) is 14.7 Å². The van der Waals surface area contributed by atoms with E-state index in [1.807, 2.05) is 33.8 Å². The Balaban J connectivity index is 0.000000659. The first-order chi connectivity index (χ1) is 8.79. The average molecular weight is 252 g/mol. The molecule has 0 spiro atoms. The molecule has 0 aliphatic heterocycles. The zero-order valence-corrected chi connectivity index (χ0v) is 11.5. The Morgan fingerprint density at radius 1 is 1.22 bits per heavy atom. The van der Waals surface area contributed by atoms with Crippen molar-refractivity contribution in [2.24, 2.45) is 0 Å². The van der Waals surface area contributed by atoms with Crippen LogP contribution in [0.1, 0.15) is 27.7 Å². The SMILES string of the molecule is CC.CC.COc1cccc(-c2noc(=O)[nH]2)c1. The maximum absolute atomic E-state index is 10.7. The number of ether oxygens (including phenoxy) is 1. The van der Waals surface area contributed by atoms with E-state index in [4.69, 9.17) is 4.74 Å². The summed E-state index contributed by atoms with van der Waals surface area (Å²) in [5.41, 5.74) is 0.746. The first kappa shape index (κ1) is 16.0. The van der Waals surface area contributed by atoms with Gasteiger partial charge in [-0.1, -0.05) is 45.0 Å². The van der Waals surface area contributed by atoms with E-state index in [9.17, 15) is 4.79 Å². The van der Waals surface area contributed by atoms with Crippen LogP contribution in [0.5, 0.6) is 5.75 Å². The molecule has 2 aromatic rings. The Kier molecular flexibility index (Phi) is 8.01. The summed E-state index contributed by atoms with van der Waals surface area (Å²) in [6, 6.07) is 7.17. The molecule has 0 aliphatic rings. The molecule has 5 nitrogen and oxygen atoms in total. The third kappa shape index (κ3) is 4.45. The van der Waals surface area contributed by atoms with Crippen LogP contribution in [0.4, 0.5) is 0 Å². The van der Waals surface area contributed by atoms with Crippen LogP contribution >= 0.6 is 0 Å². The largest absolute Gasteiger partial charge is 0.497 e. The number of nitrogens with one attached hydrogen (secondary N) is 1. The van der Waals surface area contributed by atoms with Gasteiger partial charge in [-0.2, -0.15) is 0 Å². The number of nitrogens with zero attached hydrogens (tertiary/aromatic N) is 1. The molecular weight excluding hydrogens is 232 g/mol. The molecule has 1 N–H and O–H groups in total. The topological polar surface area (TPSA) is 68.1 Å². The van der Waals surface area contributed by atoms with Gasteiger partial charge in [0, 0.05) is 5.56 Å². The molecule has 0 unspecified atom stereocenters. The summed E-state index contributed by atoms with van der Waals surface area (Å²) >= 11 is 0. The van der Waals surface area contributed by atoms with Gasteiger partial charge in [-0.3, -0.25) is 9.51 Å². The fourth-order valence-electron chi connectivity index (χ4n) is 1.12. The van der Waals surface area contributed by atoms with Gasteiger partial charge in [0.1, 0.15) is 5.75 Å². The Morgan fingerprint density at radius 2 is 1.89 bits per heavy atom. The number of hydrogen-bond acceptors (Lipinski definition) is 4. The average Bonchev–Trinajstić information content (AvgIpc) is 2.90. The van der Waals surface area contributed by atoms with Gasteiger partial charge in [0.25, 0.3) is 0 Å². The number of H-pyrrole nitrogens is 1. The highest BCUT2D eigenvalue weighted by Gasteiger charge is 2.04. The molecule has 0 saturated carbocycles. The van der Waals surface area contributed by atoms with Gasteiger partial charge in [0.15, 0.2) is 5.82 Å². The second-order valence-electron chi connectivity index (χ2n) is 2.68. The van der Waals surface area contributed by atoms with Gasteiger partial charge in [0.2, 0.25) is 0 Å². The molecule has 0 bridgehead atoms. The quantitative estimate of drug-likeness (QED) is 0.891. The minimum Gasteiger partial charge on any atom is -0.497 e. The maximum atomic E-state index is 10.7. The Labute approximate surface area is 107 Å². The van der Waals surface area contributed by atoms with E-state index < -0.39 is 5.76 Å². The molecule has 0 fully saturated rings. The summed E-state index contributed by atoms with van der Waals surface area (Å²) in [7, 11) is 1.57. The predicted molar refractivity (Wildman–Crippen MR) is 71.8 cm³/mol. The first-order valence-corrected chi connectivity index (χ1v) is 6.00. The third-order valence-corrected chi connectivity index (χ3v) is 1.78. The van der Waals surface area contributed by atoms with E-state index in [-0.39, 0.29) is 0 Å². The molecule has 0 atom stereocenters. The summed E-state index contributed by atoms with van der Waals surface area (Å²) in [5, 5.41) is 3.56. The highest BCUT2D eigenvalue weighted by molar-refractivity contribution is 5.56. The monoisotopic (exact) mass is 252 g/mol. The Bertz CT molecular complexity index is 489. The van der Waals surface area contributed by atoms with E-state index in [0.717, 1.165) is 5.56 Å².